The van der Waals surface area contributed by atoms with Crippen molar-refractivity contribution < 1.29 is 40.2 Å². The smallest absolute Gasteiger partial charge is 0.115 e. The molecule has 0 atom stereocenters. The second kappa shape index (κ2) is 44.7. The van der Waals surface area contributed by atoms with Crippen LogP contribution in [0.15, 0.2) is 315 Å². The number of anilines is 1. The normalized spacial score (nSPS) is 15.6. The van der Waals surface area contributed by atoms with Gasteiger partial charge in [0, 0.05) is 89.3 Å². The molecule has 12 aromatic carbocycles. The third-order valence-electron chi connectivity index (χ3n) is 24.9. The fourth-order valence-corrected chi connectivity index (χ4v) is 18.1. The second-order valence-electron chi connectivity index (χ2n) is 34.8. The number of aliphatic hydroxyl groups is 4. The Morgan fingerprint density at radius 3 is 0.839 bits per heavy atom. The number of phenolic OH excluding ortho intramolecular Hbond substituents is 3. The van der Waals surface area contributed by atoms with Crippen LogP contribution in [0.4, 0.5) is 5.69 Å². The van der Waals surface area contributed by atoms with Crippen LogP contribution < -0.4 is 4.90 Å². The minimum atomic E-state index is 0.159. The maximum Gasteiger partial charge on any atom is 0.115 e. The average molecular weight is 1650 g/mol. The molecular formula is C113H127N4O7+. The Morgan fingerprint density at radius 1 is 0.315 bits per heavy atom. The van der Waals surface area contributed by atoms with Gasteiger partial charge in [-0.2, -0.15) is 0 Å². The van der Waals surface area contributed by atoms with Crippen molar-refractivity contribution in [1.82, 2.24) is 9.80 Å². The van der Waals surface area contributed by atoms with E-state index in [2.05, 4.69) is 281 Å². The summed E-state index contributed by atoms with van der Waals surface area (Å²) >= 11 is 0. The molecule has 4 aliphatic heterocycles. The Hall–Kier alpha value is -11.5. The van der Waals surface area contributed by atoms with E-state index in [4.69, 9.17) is 0 Å². The molecule has 124 heavy (non-hydrogen) atoms. The summed E-state index contributed by atoms with van der Waals surface area (Å²) in [6.45, 7) is 16.5. The van der Waals surface area contributed by atoms with Gasteiger partial charge in [-0.15, -0.1) is 0 Å². The van der Waals surface area contributed by atoms with Crippen LogP contribution in [-0.2, 0) is 0 Å². The van der Waals surface area contributed by atoms with Gasteiger partial charge in [-0.3, -0.25) is 4.90 Å². The third kappa shape index (κ3) is 24.1. The van der Waals surface area contributed by atoms with Crippen LogP contribution in [0.25, 0.3) is 44.6 Å². The van der Waals surface area contributed by atoms with Gasteiger partial charge in [-0.05, 0) is 275 Å². The number of quaternary nitrogens is 1. The summed E-state index contributed by atoms with van der Waals surface area (Å²) in [5.41, 5.74) is 30.4. The van der Waals surface area contributed by atoms with Crippen molar-refractivity contribution in [2.45, 2.75) is 115 Å². The zero-order valence-corrected chi connectivity index (χ0v) is 73.5. The molecule has 0 saturated carbocycles. The lowest BCUT2D eigenvalue weighted by molar-refractivity contribution is -0.932. The molecule has 0 aromatic heterocycles. The second-order valence-corrected chi connectivity index (χ2v) is 34.8. The summed E-state index contributed by atoms with van der Waals surface area (Å²) in [5.74, 6) is 2.65. The Labute approximate surface area is 737 Å². The van der Waals surface area contributed by atoms with Gasteiger partial charge in [-0.1, -0.05) is 272 Å². The summed E-state index contributed by atoms with van der Waals surface area (Å²) in [4.78, 5) is 7.35. The van der Waals surface area contributed by atoms with Gasteiger partial charge in [0.25, 0.3) is 0 Å². The minimum absolute atomic E-state index is 0.159. The lowest BCUT2D eigenvalue weighted by atomic mass is 9.85. The molecule has 0 unspecified atom stereocenters. The number of likely N-dealkylation sites (tertiary alicyclic amines) is 3. The Balaban J connectivity index is 0.000000142. The van der Waals surface area contributed by atoms with E-state index in [9.17, 15) is 35.7 Å². The molecule has 0 bridgehead atoms. The van der Waals surface area contributed by atoms with Crippen molar-refractivity contribution in [3.8, 4) is 17.2 Å². The van der Waals surface area contributed by atoms with Crippen LogP contribution in [0.2, 0.25) is 0 Å². The largest absolute Gasteiger partial charge is 0.508 e. The fraction of sp³-hybridized carbons (Fsp3) is 0.292. The van der Waals surface area contributed by atoms with Gasteiger partial charge in [0.2, 0.25) is 0 Å². The van der Waals surface area contributed by atoms with Crippen molar-refractivity contribution in [3.63, 3.8) is 0 Å². The minimum Gasteiger partial charge on any atom is -0.508 e. The quantitative estimate of drug-likeness (QED) is 0.0178. The number of aromatic hydroxyl groups is 3. The van der Waals surface area contributed by atoms with Gasteiger partial charge in [0.1, 0.15) is 17.2 Å². The van der Waals surface area contributed by atoms with Crippen molar-refractivity contribution >= 4 is 50.3 Å². The molecular weight excluding hydrogens is 1530 g/mol. The number of allylic oxidation sites excluding steroid dienone is 4. The van der Waals surface area contributed by atoms with Gasteiger partial charge >= 0.3 is 0 Å². The van der Waals surface area contributed by atoms with Crippen LogP contribution >= 0.6 is 0 Å². The van der Waals surface area contributed by atoms with Crippen LogP contribution in [0, 0.1) is 6.92 Å². The van der Waals surface area contributed by atoms with Crippen LogP contribution in [-0.4, -0.2) is 156 Å². The van der Waals surface area contributed by atoms with E-state index >= 15 is 0 Å². The number of likely N-dealkylation sites (N-methyl/N-ethyl adjacent to an activating group) is 2. The zero-order valence-electron chi connectivity index (χ0n) is 73.5. The lowest BCUT2D eigenvalue weighted by Crippen LogP contribution is -2.56. The molecule has 4 aliphatic rings. The molecule has 16 rings (SSSR count). The van der Waals surface area contributed by atoms with Crippen LogP contribution in [0.5, 0.6) is 17.2 Å². The number of aryl methyl sites for hydroxylation is 1. The number of nitrogens with zero attached hydrogens (tertiary/aromatic N) is 4. The molecule has 11 heteroatoms. The molecule has 4 saturated heterocycles. The van der Waals surface area contributed by atoms with E-state index in [-0.39, 0.29) is 43.7 Å². The van der Waals surface area contributed by atoms with E-state index < -0.39 is 0 Å². The fourth-order valence-electron chi connectivity index (χ4n) is 18.1. The third-order valence-corrected chi connectivity index (χ3v) is 24.9. The molecule has 4 fully saturated rings. The molecule has 12 aromatic rings. The molecule has 640 valence electrons. The first-order valence-corrected chi connectivity index (χ1v) is 44.9. The Bertz CT molecular complexity index is 5400. The number of hydrogen-bond acceptors (Lipinski definition) is 10. The van der Waals surface area contributed by atoms with Gasteiger partial charge in [0.15, 0.2) is 0 Å². The highest BCUT2D eigenvalue weighted by Crippen LogP contribution is 2.43. The summed E-state index contributed by atoms with van der Waals surface area (Å²) in [7, 11) is 6.72. The van der Waals surface area contributed by atoms with E-state index in [1.54, 1.807) is 36.4 Å². The molecule has 0 amide bonds. The molecule has 4 heterocycles. The maximum atomic E-state index is 9.84. The summed E-state index contributed by atoms with van der Waals surface area (Å²) in [5, 5.41) is 67.7. The Morgan fingerprint density at radius 2 is 0.573 bits per heavy atom. The molecule has 7 N–H and O–H groups in total. The maximum absolute atomic E-state index is 9.84. The molecule has 0 radical (unpaired) electrons. The van der Waals surface area contributed by atoms with Crippen molar-refractivity contribution in [3.05, 3.63) is 404 Å². The molecule has 11 nitrogen and oxygen atoms in total. The van der Waals surface area contributed by atoms with E-state index in [1.165, 1.54) is 127 Å². The number of benzene rings is 12. The van der Waals surface area contributed by atoms with Crippen molar-refractivity contribution in [2.75, 3.05) is 105 Å². The van der Waals surface area contributed by atoms with Crippen molar-refractivity contribution in [2.24, 2.45) is 0 Å². The topological polar surface area (TPSA) is 151 Å². The number of rotatable bonds is 29. The first-order valence-electron chi connectivity index (χ1n) is 44.9. The number of phenols is 3. The van der Waals surface area contributed by atoms with Crippen molar-refractivity contribution in [1.29, 1.82) is 0 Å². The van der Waals surface area contributed by atoms with E-state index in [0.717, 1.165) is 120 Å². The average Bonchev–Trinajstić information content (AvgIpc) is 0.797. The molecule has 0 spiro atoms. The van der Waals surface area contributed by atoms with Gasteiger partial charge in [0.05, 0.1) is 33.1 Å². The predicted octanol–water partition coefficient (Wildman–Crippen LogP) is 23.1. The Kier molecular flexibility index (Phi) is 32.6. The zero-order chi connectivity index (χ0) is 86.7. The van der Waals surface area contributed by atoms with E-state index in [1.807, 2.05) is 54.6 Å². The highest BCUT2D eigenvalue weighted by Gasteiger charge is 2.38. The van der Waals surface area contributed by atoms with Crippen LogP contribution in [0.3, 0.4) is 0 Å². The van der Waals surface area contributed by atoms with Crippen LogP contribution in [0.1, 0.15) is 191 Å². The SMILES string of the molecule is CC(C)N1CC(c2ccc(/C(=C(/CCCO)c3ccccc3)c3ccc(O)cc3)cc2)C1.CN1CC(c2ccc(/C(=C(/CCCO)c3ccccc3)c3ccc(O)cc3)cc2)C1.C[N+]1(C)CC(c2ccc(/C(=C(/CCCO)c3ccccc3)c3ccc(O)cc3)cc2)C1.Cc1ccc(/C(=C(\CCCO)c2ccccc2)c2ccc(N3CCCCC3)cc2)cc1. The summed E-state index contributed by atoms with van der Waals surface area (Å²) in [6.07, 6.45) is 9.99. The standard InChI is InChI=1S/C29H33NO2.C29H33NO.C28H31NO2.C27H29NO2/c1-21(2)30-19-26(20-30)22-10-12-24(13-11-22)29(25-14-16-27(32)17-15-25)28(9-6-18-31)23-7-4-3-5-8-23;1-23-12-14-25(15-13-23)29(28(11-8-22-31)24-9-4-2-5-10-24)26-16-18-27(19-17-26)30-20-6-3-7-21-30;1-29(2)19-25(20-29)21-10-12-23(13-11-21)28(24-14-16-26(31)17-15-24)27(9-6-18-30)22-7-4-3-5-8-22;1-28-18-24(19-28)20-9-11-22(12-10-20)27(23-13-15-25(30)16-14-23)26(8-5-17-29)21-6-3-2-4-7-21/h3-5,7-8,10-17,21,26,31-32H,6,9,18-20H2,1-2H3;2,4-5,9-10,12-19,31H,3,6-8,11,20-22H2,1H3;3-5,7-8,10-17,25,30H,6,9,18-20H2,1-2H3;2-4,6-7,9-16,24,29-30H,5,8,17-19H2,1H3/p+1/b29-28+;29-28-;28-27+;27-26+. The highest BCUT2D eigenvalue weighted by molar-refractivity contribution is 6.02. The summed E-state index contributed by atoms with van der Waals surface area (Å²) in [6, 6.07) is 110. The monoisotopic (exact) mass is 1650 g/mol. The number of hydrogen-bond donors (Lipinski definition) is 7. The molecule has 0 aliphatic carbocycles. The lowest BCUT2D eigenvalue weighted by Gasteiger charge is -2.44. The van der Waals surface area contributed by atoms with Gasteiger partial charge in [-0.25, -0.2) is 0 Å². The number of aliphatic hydroxyl groups excluding tert-OH is 4. The number of piperidine rings is 1. The predicted molar refractivity (Wildman–Crippen MR) is 516 cm³/mol. The first-order chi connectivity index (χ1) is 60.4. The van der Waals surface area contributed by atoms with E-state index in [0.29, 0.717) is 43.1 Å². The summed E-state index contributed by atoms with van der Waals surface area (Å²) < 4.78 is 1.09. The van der Waals surface area contributed by atoms with Gasteiger partial charge < -0.3 is 50.0 Å². The highest BCUT2D eigenvalue weighted by atomic mass is 16.3. The first kappa shape index (κ1) is 90.3.